The van der Waals surface area contributed by atoms with Crippen molar-refractivity contribution < 1.29 is 9.59 Å². The number of amides is 2. The summed E-state index contributed by atoms with van der Waals surface area (Å²) in [6.07, 6.45) is 1.45. The molecule has 2 aromatic heterocycles. The van der Waals surface area contributed by atoms with E-state index in [9.17, 15) is 14.4 Å². The maximum absolute atomic E-state index is 12.9. The van der Waals surface area contributed by atoms with Gasteiger partial charge in [-0.3, -0.25) is 23.9 Å². The number of nitrogens with one attached hydrogen (secondary N) is 1. The van der Waals surface area contributed by atoms with Crippen LogP contribution < -0.4 is 10.9 Å². The van der Waals surface area contributed by atoms with Crippen molar-refractivity contribution in [1.29, 1.82) is 0 Å². The molecule has 156 valence electrons. The minimum absolute atomic E-state index is 0.0340. The summed E-state index contributed by atoms with van der Waals surface area (Å²) in [6, 6.07) is 11.7. The van der Waals surface area contributed by atoms with Gasteiger partial charge in [-0.15, -0.1) is 11.3 Å². The first-order valence-corrected chi connectivity index (χ1v) is 10.6. The fourth-order valence-electron chi connectivity index (χ4n) is 3.50. The lowest BCUT2D eigenvalue weighted by Crippen LogP contribution is -2.51. The Bertz CT molecular complexity index is 1120. The Balaban J connectivity index is 1.45. The number of aromatic nitrogens is 2. The lowest BCUT2D eigenvalue weighted by atomic mass is 10.2. The largest absolute Gasteiger partial charge is 0.358 e. The van der Waals surface area contributed by atoms with E-state index in [1.54, 1.807) is 11.9 Å². The molecule has 0 radical (unpaired) electrons. The number of likely N-dealkylation sites (N-methyl/N-ethyl adjacent to an activating group) is 1. The van der Waals surface area contributed by atoms with Crippen LogP contribution in [0.5, 0.6) is 0 Å². The van der Waals surface area contributed by atoms with Gasteiger partial charge in [0.25, 0.3) is 5.56 Å². The number of thiophene rings is 1. The average Bonchev–Trinajstić information content (AvgIpc) is 3.22. The summed E-state index contributed by atoms with van der Waals surface area (Å²) < 4.78 is 1.38. The van der Waals surface area contributed by atoms with E-state index < -0.39 is 0 Å². The quantitative estimate of drug-likeness (QED) is 0.659. The zero-order valence-corrected chi connectivity index (χ0v) is 17.5. The van der Waals surface area contributed by atoms with Crippen LogP contribution >= 0.6 is 11.3 Å². The third-order valence-electron chi connectivity index (χ3n) is 5.25. The molecule has 4 rings (SSSR count). The summed E-state index contributed by atoms with van der Waals surface area (Å²) in [7, 11) is 1.61. The van der Waals surface area contributed by atoms with Crippen LogP contribution in [-0.4, -0.2) is 70.9 Å². The highest BCUT2D eigenvalue weighted by Gasteiger charge is 2.23. The van der Waals surface area contributed by atoms with Crippen molar-refractivity contribution in [2.75, 3.05) is 39.8 Å². The number of hydrogen-bond acceptors (Lipinski definition) is 6. The molecule has 30 heavy (non-hydrogen) atoms. The van der Waals surface area contributed by atoms with E-state index in [1.807, 2.05) is 41.3 Å². The van der Waals surface area contributed by atoms with Crippen LogP contribution in [0, 0.1) is 0 Å². The van der Waals surface area contributed by atoms with Gasteiger partial charge in [-0.05, 0) is 11.6 Å². The fourth-order valence-corrected chi connectivity index (χ4v) is 4.50. The van der Waals surface area contributed by atoms with Gasteiger partial charge in [-0.25, -0.2) is 4.98 Å². The molecule has 3 heterocycles. The normalized spacial score (nSPS) is 14.8. The minimum Gasteiger partial charge on any atom is -0.358 e. The zero-order chi connectivity index (χ0) is 21.1. The van der Waals surface area contributed by atoms with Crippen LogP contribution in [0.4, 0.5) is 0 Å². The van der Waals surface area contributed by atoms with Crippen molar-refractivity contribution in [2.24, 2.45) is 0 Å². The molecule has 1 N–H and O–H groups in total. The highest BCUT2D eigenvalue weighted by molar-refractivity contribution is 7.21. The molecule has 0 saturated carbocycles. The molecule has 0 unspecified atom stereocenters. The van der Waals surface area contributed by atoms with Gasteiger partial charge >= 0.3 is 0 Å². The molecule has 1 saturated heterocycles. The van der Waals surface area contributed by atoms with E-state index in [-0.39, 0.29) is 23.9 Å². The van der Waals surface area contributed by atoms with Crippen LogP contribution in [0.2, 0.25) is 0 Å². The lowest BCUT2D eigenvalue weighted by molar-refractivity contribution is -0.133. The third-order valence-corrected chi connectivity index (χ3v) is 6.35. The number of carbonyl (C=O) groups excluding carboxylic acids is 2. The van der Waals surface area contributed by atoms with E-state index in [4.69, 9.17) is 0 Å². The number of fused-ring (bicyclic) bond motifs is 1. The second-order valence-corrected chi connectivity index (χ2v) is 8.23. The third kappa shape index (κ3) is 4.27. The monoisotopic (exact) mass is 425 g/mol. The molecule has 1 aliphatic heterocycles. The van der Waals surface area contributed by atoms with Gasteiger partial charge in [0.2, 0.25) is 11.8 Å². The van der Waals surface area contributed by atoms with Crippen LogP contribution in [0.25, 0.3) is 20.7 Å². The lowest BCUT2D eigenvalue weighted by Gasteiger charge is -2.34. The van der Waals surface area contributed by atoms with Crippen molar-refractivity contribution in [1.82, 2.24) is 24.7 Å². The molecular weight excluding hydrogens is 402 g/mol. The van der Waals surface area contributed by atoms with Crippen LogP contribution in [-0.2, 0) is 16.1 Å². The SMILES string of the molecule is CNC(=O)CN1CCN(C(=O)Cn2cnc3sc(-c4ccccc4)cc3c2=O)CC1. The topological polar surface area (TPSA) is 87.5 Å². The summed E-state index contributed by atoms with van der Waals surface area (Å²) in [5, 5.41) is 3.14. The molecule has 1 aromatic carbocycles. The highest BCUT2D eigenvalue weighted by Crippen LogP contribution is 2.30. The first-order chi connectivity index (χ1) is 14.5. The first-order valence-electron chi connectivity index (χ1n) is 9.80. The molecule has 2 amide bonds. The second-order valence-electron chi connectivity index (χ2n) is 7.20. The summed E-state index contributed by atoms with van der Waals surface area (Å²) in [4.78, 5) is 46.9. The molecule has 9 heteroatoms. The summed E-state index contributed by atoms with van der Waals surface area (Å²) in [5.74, 6) is -0.150. The Morgan fingerprint density at radius 3 is 2.53 bits per heavy atom. The maximum Gasteiger partial charge on any atom is 0.262 e. The molecular formula is C21H23N5O3S. The number of rotatable bonds is 5. The first kappa shape index (κ1) is 20.2. The van der Waals surface area contributed by atoms with Crippen LogP contribution in [0.3, 0.4) is 0 Å². The van der Waals surface area contributed by atoms with E-state index in [0.29, 0.717) is 42.9 Å². The van der Waals surface area contributed by atoms with E-state index in [1.165, 1.54) is 22.2 Å². The molecule has 0 spiro atoms. The minimum atomic E-state index is -0.204. The van der Waals surface area contributed by atoms with Crippen LogP contribution in [0.1, 0.15) is 0 Å². The summed E-state index contributed by atoms with van der Waals surface area (Å²) in [5.41, 5.74) is 0.835. The molecule has 0 aliphatic carbocycles. The molecule has 3 aromatic rings. The molecule has 0 bridgehead atoms. The van der Waals surface area contributed by atoms with Crippen molar-refractivity contribution >= 4 is 33.4 Å². The Hall–Kier alpha value is -3.04. The second kappa shape index (κ2) is 8.76. The number of piperazine rings is 1. The smallest absolute Gasteiger partial charge is 0.262 e. The molecule has 8 nitrogen and oxygen atoms in total. The standard InChI is InChI=1S/C21H23N5O3S/c1-22-18(27)12-24-7-9-25(10-8-24)19(28)13-26-14-23-20-16(21(26)29)11-17(30-20)15-5-3-2-4-6-15/h2-6,11,14H,7-10,12-13H2,1H3,(H,22,27). The van der Waals surface area contributed by atoms with Gasteiger partial charge in [0.1, 0.15) is 11.4 Å². The van der Waals surface area contributed by atoms with Crippen molar-refractivity contribution in [3.8, 4) is 10.4 Å². The van der Waals surface area contributed by atoms with Crippen molar-refractivity contribution in [3.63, 3.8) is 0 Å². The van der Waals surface area contributed by atoms with Gasteiger partial charge in [0, 0.05) is 38.1 Å². The molecule has 1 fully saturated rings. The fraction of sp³-hybridized carbons (Fsp3) is 0.333. The number of benzene rings is 1. The van der Waals surface area contributed by atoms with Crippen LogP contribution in [0.15, 0.2) is 47.5 Å². The average molecular weight is 426 g/mol. The van der Waals surface area contributed by atoms with Gasteiger partial charge in [0.05, 0.1) is 18.3 Å². The Labute approximate surface area is 177 Å². The maximum atomic E-state index is 12.9. The van der Waals surface area contributed by atoms with E-state index >= 15 is 0 Å². The van der Waals surface area contributed by atoms with Gasteiger partial charge < -0.3 is 10.2 Å². The van der Waals surface area contributed by atoms with E-state index in [0.717, 1.165) is 10.4 Å². The van der Waals surface area contributed by atoms with Gasteiger partial charge in [-0.2, -0.15) is 0 Å². The van der Waals surface area contributed by atoms with Crippen molar-refractivity contribution in [2.45, 2.75) is 6.54 Å². The van der Waals surface area contributed by atoms with Gasteiger partial charge in [-0.1, -0.05) is 30.3 Å². The summed E-state index contributed by atoms with van der Waals surface area (Å²) >= 11 is 1.47. The Morgan fingerprint density at radius 2 is 1.83 bits per heavy atom. The zero-order valence-electron chi connectivity index (χ0n) is 16.7. The number of nitrogens with zero attached hydrogens (tertiary/aromatic N) is 4. The Morgan fingerprint density at radius 1 is 1.10 bits per heavy atom. The van der Waals surface area contributed by atoms with Gasteiger partial charge in [0.15, 0.2) is 0 Å². The Kier molecular flexibility index (Phi) is 5.91. The molecule has 1 aliphatic rings. The summed E-state index contributed by atoms with van der Waals surface area (Å²) in [6.45, 7) is 2.65. The predicted molar refractivity (Wildman–Crippen MR) is 116 cm³/mol. The highest BCUT2D eigenvalue weighted by atomic mass is 32.1. The predicted octanol–water partition coefficient (Wildman–Crippen LogP) is 1.02. The number of carbonyl (C=O) groups is 2. The molecule has 0 atom stereocenters. The van der Waals surface area contributed by atoms with Crippen molar-refractivity contribution in [3.05, 3.63) is 53.1 Å². The van der Waals surface area contributed by atoms with E-state index in [2.05, 4.69) is 10.3 Å². The number of hydrogen-bond donors (Lipinski definition) is 1.